The maximum absolute atomic E-state index is 6.04. The molecule has 88 valence electrons. The average Bonchev–Trinajstić information content (AvgIpc) is 2.45. The number of aryl methyl sites for hydroxylation is 1. The zero-order valence-electron chi connectivity index (χ0n) is 9.61. The van der Waals surface area contributed by atoms with Gasteiger partial charge in [0.1, 0.15) is 4.60 Å². The van der Waals surface area contributed by atoms with Gasteiger partial charge in [0, 0.05) is 12.7 Å². The van der Waals surface area contributed by atoms with Crippen molar-refractivity contribution in [2.75, 3.05) is 7.05 Å². The van der Waals surface area contributed by atoms with Gasteiger partial charge in [0.15, 0.2) is 6.17 Å². The molecule has 0 amide bonds. The van der Waals surface area contributed by atoms with E-state index in [-0.39, 0.29) is 6.17 Å². The maximum Gasteiger partial charge on any atom is 0.158 e. The minimum atomic E-state index is -0.177. The molecule has 1 atom stereocenters. The molecule has 16 heavy (non-hydrogen) atoms. The summed E-state index contributed by atoms with van der Waals surface area (Å²) >= 11 is 9.39. The van der Waals surface area contributed by atoms with Gasteiger partial charge in [-0.15, -0.1) is 0 Å². The lowest BCUT2D eigenvalue weighted by Crippen LogP contribution is -2.26. The molecule has 3 nitrogen and oxygen atoms in total. The van der Waals surface area contributed by atoms with Crippen molar-refractivity contribution in [3.8, 4) is 0 Å². The third kappa shape index (κ3) is 2.89. The van der Waals surface area contributed by atoms with Crippen LogP contribution in [0.1, 0.15) is 18.8 Å². The van der Waals surface area contributed by atoms with Gasteiger partial charge in [-0.05, 0) is 42.0 Å². The van der Waals surface area contributed by atoms with Crippen LogP contribution in [0, 0.1) is 6.92 Å². The Morgan fingerprint density at radius 3 is 2.75 bits per heavy atom. The first-order valence-corrected chi connectivity index (χ1v) is 6.05. The van der Waals surface area contributed by atoms with Crippen LogP contribution in [0.5, 0.6) is 0 Å². The number of rotatable bonds is 4. The largest absolute Gasteiger partial charge is 0.355 e. The molecule has 1 heterocycles. The van der Waals surface area contributed by atoms with Crippen molar-refractivity contribution < 1.29 is 0 Å². The molecule has 1 unspecified atom stereocenters. The minimum absolute atomic E-state index is 0.177. The third-order valence-electron chi connectivity index (χ3n) is 2.17. The number of hydrogen-bond donors (Lipinski definition) is 0. The van der Waals surface area contributed by atoms with Crippen molar-refractivity contribution >= 4 is 27.5 Å². The van der Waals surface area contributed by atoms with Crippen LogP contribution >= 0.6 is 27.5 Å². The average molecular weight is 305 g/mol. The van der Waals surface area contributed by atoms with Crippen LogP contribution in [0.25, 0.3) is 0 Å². The van der Waals surface area contributed by atoms with Crippen LogP contribution in [0.4, 0.5) is 0 Å². The fourth-order valence-electron chi connectivity index (χ4n) is 1.54. The first kappa shape index (κ1) is 13.3. The summed E-state index contributed by atoms with van der Waals surface area (Å²) in [6.07, 6.45) is 3.71. The number of hydrogen-bond acceptors (Lipinski definition) is 2. The molecule has 0 radical (unpaired) electrons. The molecule has 0 aliphatic rings. The predicted molar refractivity (Wildman–Crippen MR) is 71.3 cm³/mol. The number of nitrogens with zero attached hydrogens (tertiary/aromatic N) is 3. The second kappa shape index (κ2) is 5.55. The van der Waals surface area contributed by atoms with E-state index >= 15 is 0 Å². The first-order valence-electron chi connectivity index (χ1n) is 4.88. The molecule has 1 rings (SSSR count). The summed E-state index contributed by atoms with van der Waals surface area (Å²) in [4.78, 5) is 1.96. The molecule has 0 aliphatic heterocycles. The summed E-state index contributed by atoms with van der Waals surface area (Å²) in [5.41, 5.74) is 1.02. The Morgan fingerprint density at radius 1 is 1.75 bits per heavy atom. The van der Waals surface area contributed by atoms with Gasteiger partial charge in [-0.2, -0.15) is 5.10 Å². The van der Waals surface area contributed by atoms with Crippen LogP contribution < -0.4 is 0 Å². The lowest BCUT2D eigenvalue weighted by Gasteiger charge is -2.27. The highest BCUT2D eigenvalue weighted by Gasteiger charge is 2.19. The monoisotopic (exact) mass is 303 g/mol. The SMILES string of the molecule is C=C(Cl)C(N(C)/C=C\C)n1nc(Br)cc1C. The van der Waals surface area contributed by atoms with E-state index in [2.05, 4.69) is 27.6 Å². The fourth-order valence-corrected chi connectivity index (χ4v) is 2.29. The van der Waals surface area contributed by atoms with E-state index in [0.717, 1.165) is 10.3 Å². The van der Waals surface area contributed by atoms with E-state index < -0.39 is 0 Å². The molecule has 0 aromatic carbocycles. The molecule has 0 aliphatic carbocycles. The lowest BCUT2D eigenvalue weighted by molar-refractivity contribution is 0.272. The molecule has 1 aromatic rings. The highest BCUT2D eigenvalue weighted by atomic mass is 79.9. The molecule has 0 fully saturated rings. The fraction of sp³-hybridized carbons (Fsp3) is 0.364. The van der Waals surface area contributed by atoms with Gasteiger partial charge in [0.05, 0.1) is 5.03 Å². The topological polar surface area (TPSA) is 21.1 Å². The van der Waals surface area contributed by atoms with Gasteiger partial charge in [0.2, 0.25) is 0 Å². The molecular weight excluding hydrogens is 289 g/mol. The highest BCUT2D eigenvalue weighted by Crippen LogP contribution is 2.25. The quantitative estimate of drug-likeness (QED) is 0.846. The van der Waals surface area contributed by atoms with Crippen LogP contribution in [0.2, 0.25) is 0 Å². The van der Waals surface area contributed by atoms with Gasteiger partial charge in [-0.1, -0.05) is 24.3 Å². The number of aromatic nitrogens is 2. The van der Waals surface area contributed by atoms with E-state index in [0.29, 0.717) is 5.03 Å². The second-order valence-corrected chi connectivity index (χ2v) is 4.82. The number of halogens is 2. The summed E-state index contributed by atoms with van der Waals surface area (Å²) in [5, 5.41) is 4.87. The van der Waals surface area contributed by atoms with Crippen molar-refractivity contribution in [1.82, 2.24) is 14.7 Å². The summed E-state index contributed by atoms with van der Waals surface area (Å²) in [7, 11) is 1.94. The number of allylic oxidation sites excluding steroid dienone is 1. The van der Waals surface area contributed by atoms with Gasteiger partial charge in [0.25, 0.3) is 0 Å². The van der Waals surface area contributed by atoms with Gasteiger partial charge in [-0.25, -0.2) is 4.68 Å². The van der Waals surface area contributed by atoms with Crippen LogP contribution in [-0.4, -0.2) is 21.7 Å². The summed E-state index contributed by atoms with van der Waals surface area (Å²) < 4.78 is 2.63. The smallest absolute Gasteiger partial charge is 0.158 e. The van der Waals surface area contributed by atoms with E-state index in [1.54, 1.807) is 0 Å². The molecule has 0 bridgehead atoms. The molecule has 0 N–H and O–H groups in total. The zero-order valence-corrected chi connectivity index (χ0v) is 12.0. The predicted octanol–water partition coefficient (Wildman–Crippen LogP) is 3.67. The number of likely N-dealkylation sites (N-methyl/N-ethyl adjacent to an activating group) is 1. The minimum Gasteiger partial charge on any atom is -0.355 e. The van der Waals surface area contributed by atoms with E-state index in [9.17, 15) is 0 Å². The van der Waals surface area contributed by atoms with Crippen LogP contribution in [-0.2, 0) is 0 Å². The Bertz CT molecular complexity index is 411. The second-order valence-electron chi connectivity index (χ2n) is 3.52. The lowest BCUT2D eigenvalue weighted by atomic mass is 10.4. The molecule has 5 heteroatoms. The normalized spacial score (nSPS) is 13.1. The Balaban J connectivity index is 3.12. The Labute approximate surface area is 110 Å². The Kier molecular flexibility index (Phi) is 4.62. The van der Waals surface area contributed by atoms with Gasteiger partial charge in [-0.3, -0.25) is 0 Å². The molecule has 0 saturated heterocycles. The van der Waals surface area contributed by atoms with Gasteiger partial charge < -0.3 is 4.90 Å². The van der Waals surface area contributed by atoms with E-state index in [1.165, 1.54) is 0 Å². The van der Waals surface area contributed by atoms with Crippen molar-refractivity contribution in [2.45, 2.75) is 20.0 Å². The molecule has 0 spiro atoms. The van der Waals surface area contributed by atoms with Crippen LogP contribution in [0.3, 0.4) is 0 Å². The Morgan fingerprint density at radius 2 is 2.38 bits per heavy atom. The van der Waals surface area contributed by atoms with Gasteiger partial charge >= 0.3 is 0 Å². The molecule has 1 aromatic heterocycles. The zero-order chi connectivity index (χ0) is 12.3. The summed E-state index contributed by atoms with van der Waals surface area (Å²) in [5.74, 6) is 0. The van der Waals surface area contributed by atoms with Crippen molar-refractivity contribution in [3.05, 3.63) is 40.3 Å². The third-order valence-corrected chi connectivity index (χ3v) is 2.76. The summed E-state index contributed by atoms with van der Waals surface area (Å²) in [6, 6.07) is 1.94. The van der Waals surface area contributed by atoms with E-state index in [4.69, 9.17) is 11.6 Å². The molecular formula is C11H15BrClN3. The Hall–Kier alpha value is -0.740. The highest BCUT2D eigenvalue weighted by molar-refractivity contribution is 9.10. The summed E-state index contributed by atoms with van der Waals surface area (Å²) in [6.45, 7) is 7.73. The first-order chi connectivity index (χ1) is 7.47. The van der Waals surface area contributed by atoms with Crippen molar-refractivity contribution in [2.24, 2.45) is 0 Å². The standard InChI is InChI=1S/C11H15BrClN3/c1-5-6-15(4)11(9(3)13)16-8(2)7-10(12)14-16/h5-7,11H,3H2,1-2,4H3/b6-5-. The molecule has 0 saturated carbocycles. The van der Waals surface area contributed by atoms with Crippen LogP contribution in [0.15, 0.2) is 34.6 Å². The van der Waals surface area contributed by atoms with Crippen molar-refractivity contribution in [3.63, 3.8) is 0 Å². The van der Waals surface area contributed by atoms with E-state index in [1.807, 2.05) is 48.8 Å². The maximum atomic E-state index is 6.04. The van der Waals surface area contributed by atoms with Crippen molar-refractivity contribution in [1.29, 1.82) is 0 Å².